The average Bonchev–Trinajstić information content (AvgIpc) is 2.59. The van der Waals surface area contributed by atoms with Crippen molar-refractivity contribution in [1.82, 2.24) is 5.32 Å². The van der Waals surface area contributed by atoms with Crippen LogP contribution in [0.5, 0.6) is 0 Å². The van der Waals surface area contributed by atoms with Crippen LogP contribution in [0.15, 0.2) is 48.2 Å². The lowest BCUT2D eigenvalue weighted by atomic mass is 9.99. The number of amides is 1. The average molecular weight is 320 g/mol. The number of benzene rings is 1. The van der Waals surface area contributed by atoms with Gasteiger partial charge in [0, 0.05) is 19.5 Å². The van der Waals surface area contributed by atoms with Crippen molar-refractivity contribution in [2.75, 3.05) is 13.6 Å². The maximum Gasteiger partial charge on any atom is 0.407 e. The maximum absolute atomic E-state index is 11.7. The standard InChI is InChI=1S/C17H24N2O4/c1-4-14(15(20)16(18-3)22-5-2)11-19-17(21)23-12-13-9-7-6-8-10-13/h5-10,14-15,20H,2,4,11-12H2,1,3H3,(H,19,21). The molecule has 0 saturated heterocycles. The third-order valence-corrected chi connectivity index (χ3v) is 3.37. The molecule has 6 heteroatoms. The lowest BCUT2D eigenvalue weighted by Crippen LogP contribution is -2.39. The molecule has 0 bridgehead atoms. The first-order valence-electron chi connectivity index (χ1n) is 7.49. The molecule has 1 amide bonds. The van der Waals surface area contributed by atoms with Crippen LogP contribution in [0.2, 0.25) is 0 Å². The largest absolute Gasteiger partial charge is 0.449 e. The summed E-state index contributed by atoms with van der Waals surface area (Å²) in [4.78, 5) is 15.6. The summed E-state index contributed by atoms with van der Waals surface area (Å²) >= 11 is 0. The number of alkyl carbamates (subject to hydrolysis) is 1. The Morgan fingerprint density at radius 2 is 2.13 bits per heavy atom. The normalized spacial score (nSPS) is 13.8. The van der Waals surface area contributed by atoms with Crippen molar-refractivity contribution in [1.29, 1.82) is 0 Å². The van der Waals surface area contributed by atoms with E-state index in [9.17, 15) is 9.90 Å². The molecule has 0 aromatic heterocycles. The van der Waals surface area contributed by atoms with Crippen molar-refractivity contribution in [2.45, 2.75) is 26.1 Å². The number of hydrogen-bond donors (Lipinski definition) is 2. The van der Waals surface area contributed by atoms with Crippen LogP contribution in [0.1, 0.15) is 18.9 Å². The zero-order valence-electron chi connectivity index (χ0n) is 13.6. The molecule has 1 rings (SSSR count). The van der Waals surface area contributed by atoms with Gasteiger partial charge in [-0.25, -0.2) is 4.79 Å². The molecule has 1 aromatic carbocycles. The van der Waals surface area contributed by atoms with Crippen LogP contribution in [0, 0.1) is 5.92 Å². The van der Waals surface area contributed by atoms with Crippen LogP contribution >= 0.6 is 0 Å². The predicted molar refractivity (Wildman–Crippen MR) is 89.1 cm³/mol. The Morgan fingerprint density at radius 1 is 1.43 bits per heavy atom. The first kappa shape index (κ1) is 18.7. The minimum absolute atomic E-state index is 0.173. The summed E-state index contributed by atoms with van der Waals surface area (Å²) in [6.45, 7) is 5.80. The van der Waals surface area contributed by atoms with Crippen molar-refractivity contribution in [3.05, 3.63) is 48.7 Å². The molecule has 0 radical (unpaired) electrons. The van der Waals surface area contributed by atoms with E-state index in [1.165, 1.54) is 13.3 Å². The highest BCUT2D eigenvalue weighted by Crippen LogP contribution is 2.11. The zero-order chi connectivity index (χ0) is 17.1. The monoisotopic (exact) mass is 320 g/mol. The van der Waals surface area contributed by atoms with Gasteiger partial charge in [0.25, 0.3) is 0 Å². The van der Waals surface area contributed by atoms with E-state index in [1.54, 1.807) is 0 Å². The second-order valence-corrected chi connectivity index (χ2v) is 4.90. The molecule has 2 atom stereocenters. The Kier molecular flexibility index (Phi) is 8.46. The van der Waals surface area contributed by atoms with E-state index in [1.807, 2.05) is 37.3 Å². The number of rotatable bonds is 8. The molecular weight excluding hydrogens is 296 g/mol. The van der Waals surface area contributed by atoms with Gasteiger partial charge < -0.3 is 19.9 Å². The van der Waals surface area contributed by atoms with Crippen molar-refractivity contribution in [3.8, 4) is 0 Å². The van der Waals surface area contributed by atoms with Crippen molar-refractivity contribution in [3.63, 3.8) is 0 Å². The van der Waals surface area contributed by atoms with E-state index in [0.29, 0.717) is 6.42 Å². The van der Waals surface area contributed by atoms with Gasteiger partial charge in [-0.05, 0) is 12.0 Å². The first-order valence-corrected chi connectivity index (χ1v) is 7.49. The van der Waals surface area contributed by atoms with E-state index in [2.05, 4.69) is 16.9 Å². The highest BCUT2D eigenvalue weighted by Gasteiger charge is 2.24. The number of carbonyl (C=O) groups is 1. The Hall–Kier alpha value is -2.34. The number of carbonyl (C=O) groups excluding carboxylic acids is 1. The second-order valence-electron chi connectivity index (χ2n) is 4.90. The van der Waals surface area contributed by atoms with Crippen LogP contribution < -0.4 is 5.32 Å². The zero-order valence-corrected chi connectivity index (χ0v) is 13.6. The number of hydrogen-bond acceptors (Lipinski definition) is 5. The van der Waals surface area contributed by atoms with Gasteiger partial charge in [0.05, 0.1) is 6.26 Å². The Morgan fingerprint density at radius 3 is 2.70 bits per heavy atom. The Labute approximate surface area is 136 Å². The fourth-order valence-corrected chi connectivity index (χ4v) is 2.01. The van der Waals surface area contributed by atoms with E-state index in [-0.39, 0.29) is 25.0 Å². The lowest BCUT2D eigenvalue weighted by molar-refractivity contribution is 0.123. The number of aliphatic imine (C=N–C) groups is 1. The Bertz CT molecular complexity index is 517. The molecule has 6 nitrogen and oxygen atoms in total. The predicted octanol–water partition coefficient (Wildman–Crippen LogP) is 2.49. The van der Waals surface area contributed by atoms with Gasteiger partial charge in [-0.15, -0.1) is 0 Å². The van der Waals surface area contributed by atoms with E-state index in [0.717, 1.165) is 5.56 Å². The summed E-state index contributed by atoms with van der Waals surface area (Å²) in [5, 5.41) is 12.9. The molecule has 0 fully saturated rings. The highest BCUT2D eigenvalue weighted by molar-refractivity contribution is 5.81. The molecule has 2 N–H and O–H groups in total. The summed E-state index contributed by atoms with van der Waals surface area (Å²) < 4.78 is 10.2. The summed E-state index contributed by atoms with van der Waals surface area (Å²) in [5.41, 5.74) is 0.912. The molecule has 0 heterocycles. The maximum atomic E-state index is 11.7. The van der Waals surface area contributed by atoms with Crippen LogP contribution in [0.3, 0.4) is 0 Å². The van der Waals surface area contributed by atoms with Crippen LogP contribution in [0.4, 0.5) is 4.79 Å². The van der Waals surface area contributed by atoms with Crippen molar-refractivity contribution >= 4 is 12.0 Å². The van der Waals surface area contributed by atoms with Gasteiger partial charge >= 0.3 is 6.09 Å². The van der Waals surface area contributed by atoms with Crippen LogP contribution in [-0.4, -0.2) is 36.8 Å². The third kappa shape index (κ3) is 6.52. The van der Waals surface area contributed by atoms with Crippen molar-refractivity contribution in [2.24, 2.45) is 10.9 Å². The summed E-state index contributed by atoms with van der Waals surface area (Å²) in [6.07, 6.45) is 0.399. The first-order chi connectivity index (χ1) is 11.1. The highest BCUT2D eigenvalue weighted by atomic mass is 16.5. The molecule has 0 aliphatic carbocycles. The van der Waals surface area contributed by atoms with E-state index >= 15 is 0 Å². The topological polar surface area (TPSA) is 80.2 Å². The fraction of sp³-hybridized carbons (Fsp3) is 0.412. The molecule has 126 valence electrons. The molecule has 0 aliphatic heterocycles. The van der Waals surface area contributed by atoms with Gasteiger partial charge in [0.2, 0.25) is 5.90 Å². The van der Waals surface area contributed by atoms with Gasteiger partial charge in [0.15, 0.2) is 0 Å². The van der Waals surface area contributed by atoms with Gasteiger partial charge in [0.1, 0.15) is 12.7 Å². The van der Waals surface area contributed by atoms with Gasteiger partial charge in [-0.2, -0.15) is 0 Å². The number of nitrogens with zero attached hydrogens (tertiary/aromatic N) is 1. The van der Waals surface area contributed by atoms with Gasteiger partial charge in [-0.1, -0.05) is 43.8 Å². The van der Waals surface area contributed by atoms with Crippen LogP contribution in [0.25, 0.3) is 0 Å². The molecule has 2 unspecified atom stereocenters. The molecule has 0 aliphatic rings. The van der Waals surface area contributed by atoms with E-state index in [4.69, 9.17) is 9.47 Å². The minimum Gasteiger partial charge on any atom is -0.449 e. The van der Waals surface area contributed by atoms with Crippen molar-refractivity contribution < 1.29 is 19.4 Å². The second kappa shape index (κ2) is 10.4. The summed E-state index contributed by atoms with van der Waals surface area (Å²) in [7, 11) is 1.52. The van der Waals surface area contributed by atoms with Gasteiger partial charge in [-0.3, -0.25) is 4.99 Å². The van der Waals surface area contributed by atoms with Crippen LogP contribution in [-0.2, 0) is 16.1 Å². The molecule has 0 spiro atoms. The minimum atomic E-state index is -0.919. The number of aliphatic hydroxyl groups excluding tert-OH is 1. The van der Waals surface area contributed by atoms with E-state index < -0.39 is 12.2 Å². The number of nitrogens with one attached hydrogen (secondary N) is 1. The smallest absolute Gasteiger partial charge is 0.407 e. The number of ether oxygens (including phenoxy) is 2. The molecule has 0 saturated carbocycles. The molecule has 1 aromatic rings. The number of aliphatic hydroxyl groups is 1. The quantitative estimate of drug-likeness (QED) is 0.438. The molecular formula is C17H24N2O4. The third-order valence-electron chi connectivity index (χ3n) is 3.37. The SMILES string of the molecule is C=COC(=NC)C(O)C(CC)CNC(=O)OCc1ccccc1. The lowest BCUT2D eigenvalue weighted by Gasteiger charge is -2.22. The fourth-order valence-electron chi connectivity index (χ4n) is 2.01. The summed E-state index contributed by atoms with van der Waals surface area (Å²) in [6, 6.07) is 9.41. The Balaban J connectivity index is 2.43. The summed E-state index contributed by atoms with van der Waals surface area (Å²) in [5.74, 6) is -0.0655. The molecule has 23 heavy (non-hydrogen) atoms.